The third-order valence-corrected chi connectivity index (χ3v) is 4.87. The Labute approximate surface area is 124 Å². The van der Waals surface area contributed by atoms with Gasteiger partial charge in [-0.2, -0.15) is 0 Å². The van der Waals surface area contributed by atoms with Gasteiger partial charge in [0.25, 0.3) is 0 Å². The van der Waals surface area contributed by atoms with Crippen molar-refractivity contribution in [2.45, 2.75) is 24.8 Å². The van der Waals surface area contributed by atoms with E-state index in [0.29, 0.717) is 12.0 Å². The molecule has 0 aromatic heterocycles. The summed E-state index contributed by atoms with van der Waals surface area (Å²) in [6.45, 7) is 0. The van der Waals surface area contributed by atoms with E-state index >= 15 is 0 Å². The number of hydrogen-bond acceptors (Lipinski definition) is 1. The average molecular weight is 279 g/mol. The number of halogens is 1. The third kappa shape index (κ3) is 1.94. The first-order chi connectivity index (χ1) is 10.3. The smallest absolute Gasteiger partial charge is 0.123 e. The van der Waals surface area contributed by atoms with Crippen LogP contribution in [0.3, 0.4) is 0 Å². The van der Waals surface area contributed by atoms with Crippen LogP contribution in [0.15, 0.2) is 48.5 Å². The molecular weight excluding hydrogens is 261 g/mol. The molecule has 2 aliphatic rings. The highest BCUT2D eigenvalue weighted by Crippen LogP contribution is 2.49. The van der Waals surface area contributed by atoms with Crippen LogP contribution in [0.25, 0.3) is 5.57 Å². The zero-order valence-corrected chi connectivity index (χ0v) is 12.1. The van der Waals surface area contributed by atoms with Crippen LogP contribution < -0.4 is 5.32 Å². The maximum absolute atomic E-state index is 13.6. The molecule has 0 aliphatic heterocycles. The van der Waals surface area contributed by atoms with E-state index in [1.54, 1.807) is 12.1 Å². The second-order valence-electron chi connectivity index (χ2n) is 5.92. The van der Waals surface area contributed by atoms with Crippen LogP contribution in [-0.2, 0) is 6.42 Å². The lowest BCUT2D eigenvalue weighted by Crippen LogP contribution is -2.13. The molecule has 1 N–H and O–H groups in total. The maximum atomic E-state index is 13.6. The van der Waals surface area contributed by atoms with E-state index in [-0.39, 0.29) is 5.82 Å². The summed E-state index contributed by atoms with van der Waals surface area (Å²) >= 11 is 0. The fourth-order valence-corrected chi connectivity index (χ4v) is 3.86. The molecule has 0 fully saturated rings. The van der Waals surface area contributed by atoms with Gasteiger partial charge in [0.2, 0.25) is 0 Å². The van der Waals surface area contributed by atoms with Gasteiger partial charge in [-0.1, -0.05) is 36.4 Å². The number of fused-ring (bicyclic) bond motifs is 2. The number of benzene rings is 2. The molecule has 0 amide bonds. The average Bonchev–Trinajstić information content (AvgIpc) is 3.07. The summed E-state index contributed by atoms with van der Waals surface area (Å²) in [6, 6.07) is 14.2. The Bertz CT molecular complexity index is 732. The number of hydrogen-bond donors (Lipinski definition) is 1. The van der Waals surface area contributed by atoms with Crippen molar-refractivity contribution in [3.05, 3.63) is 76.6 Å². The molecule has 0 saturated carbocycles. The highest BCUT2D eigenvalue weighted by atomic mass is 19.1. The lowest BCUT2D eigenvalue weighted by Gasteiger charge is -2.15. The fourth-order valence-electron chi connectivity index (χ4n) is 3.86. The van der Waals surface area contributed by atoms with Crippen LogP contribution in [0.4, 0.5) is 4.39 Å². The van der Waals surface area contributed by atoms with Gasteiger partial charge in [-0.3, -0.25) is 0 Å². The number of allylic oxidation sites excluding steroid dienone is 2. The summed E-state index contributed by atoms with van der Waals surface area (Å²) in [7, 11) is 2.01. The molecule has 4 rings (SSSR count). The van der Waals surface area contributed by atoms with Crippen LogP contribution in [0.1, 0.15) is 40.6 Å². The lowest BCUT2D eigenvalue weighted by molar-refractivity contribution is 0.574. The van der Waals surface area contributed by atoms with Gasteiger partial charge in [-0.25, -0.2) is 4.39 Å². The summed E-state index contributed by atoms with van der Waals surface area (Å²) in [5.41, 5.74) is 6.43. The molecule has 0 saturated heterocycles. The molecule has 21 heavy (non-hydrogen) atoms. The predicted molar refractivity (Wildman–Crippen MR) is 83.7 cm³/mol. The molecule has 2 atom stereocenters. The minimum Gasteiger partial charge on any atom is -0.313 e. The van der Waals surface area contributed by atoms with Gasteiger partial charge in [0.1, 0.15) is 5.82 Å². The molecule has 106 valence electrons. The largest absolute Gasteiger partial charge is 0.313 e. The standard InChI is InChI=1S/C19H18FN/c1-21-19-11-18(14-4-2-3-5-16(14)19)15-9-7-12-6-8-13(20)10-17(12)15/h2-6,8-10,18-19,21H,7,11H2,1H3. The first kappa shape index (κ1) is 12.8. The Morgan fingerprint density at radius 3 is 2.71 bits per heavy atom. The Kier molecular flexibility index (Phi) is 2.93. The van der Waals surface area contributed by atoms with E-state index in [1.165, 1.54) is 22.3 Å². The van der Waals surface area contributed by atoms with Crippen molar-refractivity contribution in [1.82, 2.24) is 5.32 Å². The second-order valence-corrected chi connectivity index (χ2v) is 5.92. The Balaban J connectivity index is 1.79. The molecule has 0 radical (unpaired) electrons. The molecule has 0 spiro atoms. The molecule has 1 nitrogen and oxygen atoms in total. The Morgan fingerprint density at radius 2 is 1.90 bits per heavy atom. The molecule has 2 aromatic carbocycles. The number of nitrogens with one attached hydrogen (secondary N) is 1. The van der Waals surface area contributed by atoms with Crippen LogP contribution in [0, 0.1) is 5.82 Å². The molecular formula is C19H18FN. The van der Waals surface area contributed by atoms with E-state index in [1.807, 2.05) is 13.1 Å². The van der Waals surface area contributed by atoms with E-state index in [0.717, 1.165) is 18.4 Å². The van der Waals surface area contributed by atoms with Crippen LogP contribution in [-0.4, -0.2) is 7.05 Å². The van der Waals surface area contributed by atoms with Crippen molar-refractivity contribution in [2.24, 2.45) is 0 Å². The minimum absolute atomic E-state index is 0.141. The monoisotopic (exact) mass is 279 g/mol. The molecule has 2 aromatic rings. The summed E-state index contributed by atoms with van der Waals surface area (Å²) in [6.07, 6.45) is 4.26. The maximum Gasteiger partial charge on any atom is 0.123 e. The van der Waals surface area contributed by atoms with Gasteiger partial charge in [0, 0.05) is 12.0 Å². The van der Waals surface area contributed by atoms with Gasteiger partial charge in [-0.05, 0) is 59.8 Å². The van der Waals surface area contributed by atoms with E-state index in [2.05, 4.69) is 35.7 Å². The molecule has 2 aliphatic carbocycles. The van der Waals surface area contributed by atoms with Crippen molar-refractivity contribution < 1.29 is 4.39 Å². The van der Waals surface area contributed by atoms with Gasteiger partial charge < -0.3 is 5.32 Å². The normalized spacial score (nSPS) is 22.9. The van der Waals surface area contributed by atoms with Crippen LogP contribution in [0.5, 0.6) is 0 Å². The zero-order valence-electron chi connectivity index (χ0n) is 12.1. The Hall–Kier alpha value is -1.93. The number of rotatable bonds is 2. The molecule has 0 heterocycles. The lowest BCUT2D eigenvalue weighted by atomic mass is 9.89. The quantitative estimate of drug-likeness (QED) is 0.868. The van der Waals surface area contributed by atoms with Crippen molar-refractivity contribution >= 4 is 5.57 Å². The second kappa shape index (κ2) is 4.81. The first-order valence-electron chi connectivity index (χ1n) is 7.53. The first-order valence-corrected chi connectivity index (χ1v) is 7.53. The van der Waals surface area contributed by atoms with E-state index in [9.17, 15) is 4.39 Å². The topological polar surface area (TPSA) is 12.0 Å². The SMILES string of the molecule is CNC1CC(C2=CCc3ccc(F)cc32)c2ccccc21. The molecule has 0 bridgehead atoms. The zero-order chi connectivity index (χ0) is 14.4. The van der Waals surface area contributed by atoms with Crippen LogP contribution in [0.2, 0.25) is 0 Å². The third-order valence-electron chi connectivity index (χ3n) is 4.87. The minimum atomic E-state index is -0.141. The predicted octanol–water partition coefficient (Wildman–Crippen LogP) is 4.21. The summed E-state index contributed by atoms with van der Waals surface area (Å²) in [4.78, 5) is 0. The van der Waals surface area contributed by atoms with Crippen molar-refractivity contribution in [1.29, 1.82) is 0 Å². The highest BCUT2D eigenvalue weighted by molar-refractivity contribution is 5.79. The summed E-state index contributed by atoms with van der Waals surface area (Å²) in [5, 5.41) is 3.41. The highest BCUT2D eigenvalue weighted by Gasteiger charge is 2.34. The van der Waals surface area contributed by atoms with Gasteiger partial charge in [0.05, 0.1) is 0 Å². The van der Waals surface area contributed by atoms with Crippen LogP contribution >= 0.6 is 0 Å². The van der Waals surface area contributed by atoms with E-state index in [4.69, 9.17) is 0 Å². The van der Waals surface area contributed by atoms with Gasteiger partial charge >= 0.3 is 0 Å². The van der Waals surface area contributed by atoms with Crippen molar-refractivity contribution in [3.63, 3.8) is 0 Å². The summed E-state index contributed by atoms with van der Waals surface area (Å²) < 4.78 is 13.6. The van der Waals surface area contributed by atoms with Crippen molar-refractivity contribution in [3.8, 4) is 0 Å². The summed E-state index contributed by atoms with van der Waals surface area (Å²) in [5.74, 6) is 0.236. The van der Waals surface area contributed by atoms with Gasteiger partial charge in [0.15, 0.2) is 0 Å². The Morgan fingerprint density at radius 1 is 1.10 bits per heavy atom. The van der Waals surface area contributed by atoms with Crippen molar-refractivity contribution in [2.75, 3.05) is 7.05 Å². The van der Waals surface area contributed by atoms with E-state index < -0.39 is 0 Å². The molecule has 2 unspecified atom stereocenters. The molecule has 2 heteroatoms. The fraction of sp³-hybridized carbons (Fsp3) is 0.263. The van der Waals surface area contributed by atoms with Gasteiger partial charge in [-0.15, -0.1) is 0 Å².